The Morgan fingerprint density at radius 2 is 2.25 bits per heavy atom. The number of rotatable bonds is 4. The van der Waals surface area contributed by atoms with Crippen molar-refractivity contribution in [2.45, 2.75) is 25.4 Å². The smallest absolute Gasteiger partial charge is 0.168 e. The number of oxime groups is 1. The molecule has 1 atom stereocenters. The van der Waals surface area contributed by atoms with Gasteiger partial charge in [-0.3, -0.25) is 0 Å². The Morgan fingerprint density at radius 1 is 1.35 bits per heavy atom. The van der Waals surface area contributed by atoms with E-state index >= 15 is 0 Å². The van der Waals surface area contributed by atoms with E-state index in [-0.39, 0.29) is 5.60 Å². The molecule has 5 nitrogen and oxygen atoms in total. The molecule has 0 bridgehead atoms. The average Bonchev–Trinajstić information content (AvgIpc) is 3.10. The third kappa shape index (κ3) is 2.33. The molecule has 0 amide bonds. The standard InChI is InChI=1S/C15H19NO4/c1-3-19-14-8-11(4-5-13(14)17-2)12-9-15(20-16-12)6-7-18-10-15/h4-5,8H,3,6-7,9-10H2,1-2H3. The molecule has 0 N–H and O–H groups in total. The number of nitrogens with zero attached hydrogens (tertiary/aromatic N) is 1. The van der Waals surface area contributed by atoms with E-state index in [4.69, 9.17) is 19.0 Å². The Bertz CT molecular complexity index is 521. The van der Waals surface area contributed by atoms with E-state index in [2.05, 4.69) is 5.16 Å². The molecule has 1 unspecified atom stereocenters. The largest absolute Gasteiger partial charge is 0.493 e. The zero-order valence-electron chi connectivity index (χ0n) is 11.8. The van der Waals surface area contributed by atoms with Gasteiger partial charge >= 0.3 is 0 Å². The van der Waals surface area contributed by atoms with Gasteiger partial charge in [-0.2, -0.15) is 0 Å². The molecule has 3 rings (SSSR count). The molecule has 1 aromatic carbocycles. The van der Waals surface area contributed by atoms with Gasteiger partial charge in [-0.25, -0.2) is 0 Å². The van der Waals surface area contributed by atoms with Crippen molar-refractivity contribution >= 4 is 5.71 Å². The van der Waals surface area contributed by atoms with Crippen LogP contribution in [-0.4, -0.2) is 38.2 Å². The van der Waals surface area contributed by atoms with Gasteiger partial charge < -0.3 is 19.0 Å². The molecule has 2 aliphatic heterocycles. The van der Waals surface area contributed by atoms with Gasteiger partial charge in [0.05, 0.1) is 32.6 Å². The summed E-state index contributed by atoms with van der Waals surface area (Å²) in [5, 5.41) is 4.24. The molecule has 2 heterocycles. The summed E-state index contributed by atoms with van der Waals surface area (Å²) in [4.78, 5) is 5.62. The minimum atomic E-state index is -0.249. The second-order valence-corrected chi connectivity index (χ2v) is 5.09. The van der Waals surface area contributed by atoms with E-state index in [0.29, 0.717) is 13.2 Å². The topological polar surface area (TPSA) is 49.3 Å². The summed E-state index contributed by atoms with van der Waals surface area (Å²) in [5.74, 6) is 1.47. The maximum atomic E-state index is 5.62. The first-order valence-electron chi connectivity index (χ1n) is 6.90. The number of benzene rings is 1. The molecular weight excluding hydrogens is 258 g/mol. The van der Waals surface area contributed by atoms with Crippen molar-refractivity contribution in [1.29, 1.82) is 0 Å². The highest BCUT2D eigenvalue weighted by Crippen LogP contribution is 2.36. The molecular formula is C15H19NO4. The molecule has 1 aromatic rings. The Morgan fingerprint density at radius 3 is 2.95 bits per heavy atom. The zero-order chi connectivity index (χ0) is 14.0. The second-order valence-electron chi connectivity index (χ2n) is 5.09. The lowest BCUT2D eigenvalue weighted by atomic mass is 9.93. The first-order valence-corrected chi connectivity index (χ1v) is 6.90. The SMILES string of the molecule is CCOc1cc(C2=NOC3(CCOC3)C2)ccc1OC. The summed E-state index contributed by atoms with van der Waals surface area (Å²) >= 11 is 0. The van der Waals surface area contributed by atoms with Gasteiger partial charge in [-0.1, -0.05) is 5.16 Å². The first kappa shape index (κ1) is 13.2. The highest BCUT2D eigenvalue weighted by atomic mass is 16.7. The van der Waals surface area contributed by atoms with Gasteiger partial charge in [0, 0.05) is 18.4 Å². The maximum Gasteiger partial charge on any atom is 0.168 e. The Balaban J connectivity index is 1.82. The molecule has 1 saturated heterocycles. The highest BCUT2D eigenvalue weighted by Gasteiger charge is 2.43. The van der Waals surface area contributed by atoms with Crippen molar-refractivity contribution in [3.8, 4) is 11.5 Å². The fourth-order valence-corrected chi connectivity index (χ4v) is 2.60. The minimum Gasteiger partial charge on any atom is -0.493 e. The number of methoxy groups -OCH3 is 1. The molecule has 0 radical (unpaired) electrons. The molecule has 0 aromatic heterocycles. The van der Waals surface area contributed by atoms with Crippen LogP contribution in [0.1, 0.15) is 25.3 Å². The van der Waals surface area contributed by atoms with Gasteiger partial charge in [0.2, 0.25) is 0 Å². The lowest BCUT2D eigenvalue weighted by Crippen LogP contribution is -2.29. The van der Waals surface area contributed by atoms with Gasteiger partial charge in [-0.15, -0.1) is 0 Å². The van der Waals surface area contributed by atoms with Crippen LogP contribution >= 0.6 is 0 Å². The molecule has 5 heteroatoms. The van der Waals surface area contributed by atoms with E-state index in [1.54, 1.807) is 7.11 Å². The van der Waals surface area contributed by atoms with Crippen molar-refractivity contribution < 1.29 is 19.0 Å². The molecule has 20 heavy (non-hydrogen) atoms. The summed E-state index contributed by atoms with van der Waals surface area (Å²) in [5.41, 5.74) is 1.71. The minimum absolute atomic E-state index is 0.249. The quantitative estimate of drug-likeness (QED) is 0.848. The Hall–Kier alpha value is -1.75. The molecule has 2 aliphatic rings. The van der Waals surface area contributed by atoms with Crippen LogP contribution < -0.4 is 9.47 Å². The number of hydrogen-bond acceptors (Lipinski definition) is 5. The molecule has 108 valence electrons. The third-order valence-corrected chi connectivity index (χ3v) is 3.70. The summed E-state index contributed by atoms with van der Waals surface area (Å²) < 4.78 is 16.3. The predicted octanol–water partition coefficient (Wildman–Crippen LogP) is 2.38. The zero-order valence-corrected chi connectivity index (χ0v) is 11.8. The normalized spacial score (nSPS) is 24.6. The van der Waals surface area contributed by atoms with Crippen LogP contribution in [-0.2, 0) is 9.57 Å². The molecule has 1 spiro atoms. The summed E-state index contributed by atoms with van der Waals surface area (Å²) in [6.07, 6.45) is 1.68. The van der Waals surface area contributed by atoms with E-state index in [0.717, 1.165) is 42.2 Å². The van der Waals surface area contributed by atoms with Crippen LogP contribution in [0.2, 0.25) is 0 Å². The van der Waals surface area contributed by atoms with Crippen molar-refractivity contribution in [3.05, 3.63) is 23.8 Å². The van der Waals surface area contributed by atoms with Crippen molar-refractivity contribution in [1.82, 2.24) is 0 Å². The fourth-order valence-electron chi connectivity index (χ4n) is 2.60. The third-order valence-electron chi connectivity index (χ3n) is 3.70. The lowest BCUT2D eigenvalue weighted by Gasteiger charge is -2.17. The van der Waals surface area contributed by atoms with Crippen LogP contribution in [0.5, 0.6) is 11.5 Å². The van der Waals surface area contributed by atoms with Gasteiger partial charge in [0.25, 0.3) is 0 Å². The maximum absolute atomic E-state index is 5.62. The molecule has 0 aliphatic carbocycles. The van der Waals surface area contributed by atoms with Gasteiger partial charge in [-0.05, 0) is 25.1 Å². The second kappa shape index (κ2) is 5.32. The Labute approximate surface area is 118 Å². The number of ether oxygens (including phenoxy) is 3. The molecule has 1 fully saturated rings. The predicted molar refractivity (Wildman–Crippen MR) is 74.6 cm³/mol. The van der Waals surface area contributed by atoms with E-state index in [1.807, 2.05) is 25.1 Å². The number of hydrogen-bond donors (Lipinski definition) is 0. The first-order chi connectivity index (χ1) is 9.76. The summed E-state index contributed by atoms with van der Waals surface area (Å²) in [6.45, 7) is 3.91. The summed E-state index contributed by atoms with van der Waals surface area (Å²) in [6, 6.07) is 5.84. The van der Waals surface area contributed by atoms with Crippen LogP contribution in [0, 0.1) is 0 Å². The van der Waals surface area contributed by atoms with Crippen LogP contribution in [0.3, 0.4) is 0 Å². The lowest BCUT2D eigenvalue weighted by molar-refractivity contribution is -0.0237. The van der Waals surface area contributed by atoms with Gasteiger partial charge in [0.1, 0.15) is 0 Å². The highest BCUT2D eigenvalue weighted by molar-refractivity contribution is 6.02. The van der Waals surface area contributed by atoms with Gasteiger partial charge in [0.15, 0.2) is 17.1 Å². The molecule has 0 saturated carbocycles. The Kier molecular flexibility index (Phi) is 3.53. The van der Waals surface area contributed by atoms with Crippen LogP contribution in [0.15, 0.2) is 23.4 Å². The summed E-state index contributed by atoms with van der Waals surface area (Å²) in [7, 11) is 1.64. The van der Waals surface area contributed by atoms with Crippen LogP contribution in [0.4, 0.5) is 0 Å². The van der Waals surface area contributed by atoms with E-state index in [9.17, 15) is 0 Å². The monoisotopic (exact) mass is 277 g/mol. The van der Waals surface area contributed by atoms with Crippen molar-refractivity contribution in [2.75, 3.05) is 26.9 Å². The van der Waals surface area contributed by atoms with E-state index < -0.39 is 0 Å². The van der Waals surface area contributed by atoms with Crippen LogP contribution in [0.25, 0.3) is 0 Å². The van der Waals surface area contributed by atoms with Crippen molar-refractivity contribution in [2.24, 2.45) is 5.16 Å². The fraction of sp³-hybridized carbons (Fsp3) is 0.533. The van der Waals surface area contributed by atoms with E-state index in [1.165, 1.54) is 0 Å². The average molecular weight is 277 g/mol. The van der Waals surface area contributed by atoms with Crippen molar-refractivity contribution in [3.63, 3.8) is 0 Å².